The first-order valence-electron chi connectivity index (χ1n) is 6.35. The summed E-state index contributed by atoms with van der Waals surface area (Å²) in [6.45, 7) is 6.28. The lowest BCUT2D eigenvalue weighted by Gasteiger charge is -2.07. The van der Waals surface area contributed by atoms with Crippen molar-refractivity contribution in [3.05, 3.63) is 18.0 Å². The fraction of sp³-hybridized carbons (Fsp3) is 0.636. The topological polar surface area (TPSA) is 87.4 Å². The van der Waals surface area contributed by atoms with Gasteiger partial charge < -0.3 is 10.3 Å². The fourth-order valence-corrected chi connectivity index (χ4v) is 2.74. The van der Waals surface area contributed by atoms with E-state index in [1.54, 1.807) is 18.1 Å². The van der Waals surface area contributed by atoms with Crippen molar-refractivity contribution < 1.29 is 0 Å². The summed E-state index contributed by atoms with van der Waals surface area (Å²) in [5.74, 6) is 2.60. The Kier molecular flexibility index (Phi) is 4.92. The molecule has 0 aliphatic rings. The van der Waals surface area contributed by atoms with E-state index in [2.05, 4.69) is 27.2 Å². The van der Waals surface area contributed by atoms with Gasteiger partial charge in [-0.15, -0.1) is 10.2 Å². The molecule has 2 aromatic heterocycles. The maximum absolute atomic E-state index is 5.60. The first-order chi connectivity index (χ1) is 9.26. The van der Waals surface area contributed by atoms with Crippen molar-refractivity contribution in [3.63, 3.8) is 0 Å². The average Bonchev–Trinajstić information content (AvgIpc) is 2.97. The van der Waals surface area contributed by atoms with Gasteiger partial charge in [-0.1, -0.05) is 18.7 Å². The van der Waals surface area contributed by atoms with E-state index < -0.39 is 0 Å². The molecule has 0 aromatic carbocycles. The van der Waals surface area contributed by atoms with Crippen molar-refractivity contribution >= 4 is 11.8 Å². The Bertz CT molecular complexity index is 519. The SMILES string of the molecule is CCCn1ncnc1CSc1nnc(C)n1CCN. The summed E-state index contributed by atoms with van der Waals surface area (Å²) in [6, 6.07) is 0. The van der Waals surface area contributed by atoms with Gasteiger partial charge in [-0.3, -0.25) is 0 Å². The van der Waals surface area contributed by atoms with E-state index in [9.17, 15) is 0 Å². The van der Waals surface area contributed by atoms with Crippen molar-refractivity contribution in [1.82, 2.24) is 29.5 Å². The molecule has 0 radical (unpaired) electrons. The van der Waals surface area contributed by atoms with Gasteiger partial charge in [0.2, 0.25) is 0 Å². The van der Waals surface area contributed by atoms with Gasteiger partial charge in [0.05, 0.1) is 5.75 Å². The van der Waals surface area contributed by atoms with Crippen LogP contribution in [0.3, 0.4) is 0 Å². The van der Waals surface area contributed by atoms with Gasteiger partial charge in [0.15, 0.2) is 5.16 Å². The minimum absolute atomic E-state index is 0.582. The lowest BCUT2D eigenvalue weighted by atomic mass is 10.5. The van der Waals surface area contributed by atoms with Gasteiger partial charge in [-0.2, -0.15) is 5.10 Å². The van der Waals surface area contributed by atoms with Crippen LogP contribution in [0.2, 0.25) is 0 Å². The van der Waals surface area contributed by atoms with Crippen LogP contribution in [0.25, 0.3) is 0 Å². The lowest BCUT2D eigenvalue weighted by molar-refractivity contribution is 0.581. The second-order valence-corrected chi connectivity index (χ2v) is 5.10. The zero-order valence-electron chi connectivity index (χ0n) is 11.3. The van der Waals surface area contributed by atoms with Crippen LogP contribution in [0.1, 0.15) is 25.0 Å². The van der Waals surface area contributed by atoms with Crippen LogP contribution in [0.4, 0.5) is 0 Å². The van der Waals surface area contributed by atoms with Gasteiger partial charge >= 0.3 is 0 Å². The molecule has 8 heteroatoms. The first-order valence-corrected chi connectivity index (χ1v) is 7.34. The van der Waals surface area contributed by atoms with Gasteiger partial charge in [0.25, 0.3) is 0 Å². The maximum atomic E-state index is 5.60. The molecule has 0 saturated carbocycles. The number of hydrogen-bond donors (Lipinski definition) is 1. The van der Waals surface area contributed by atoms with Crippen LogP contribution in [0, 0.1) is 6.92 Å². The molecule has 7 nitrogen and oxygen atoms in total. The molecule has 0 saturated heterocycles. The molecular weight excluding hydrogens is 262 g/mol. The number of thioether (sulfide) groups is 1. The van der Waals surface area contributed by atoms with E-state index in [-0.39, 0.29) is 0 Å². The highest BCUT2D eigenvalue weighted by atomic mass is 32.2. The molecule has 0 fully saturated rings. The Morgan fingerprint density at radius 2 is 2.16 bits per heavy atom. The molecular formula is C11H19N7S. The molecule has 104 valence electrons. The zero-order chi connectivity index (χ0) is 13.7. The van der Waals surface area contributed by atoms with Crippen molar-refractivity contribution in [2.45, 2.75) is 44.3 Å². The van der Waals surface area contributed by atoms with E-state index in [1.807, 2.05) is 16.2 Å². The average molecular weight is 281 g/mol. The van der Waals surface area contributed by atoms with Crippen molar-refractivity contribution in [1.29, 1.82) is 0 Å². The van der Waals surface area contributed by atoms with Gasteiger partial charge in [-0.25, -0.2) is 9.67 Å². The Balaban J connectivity index is 2.04. The Hall–Kier alpha value is -1.41. The summed E-state index contributed by atoms with van der Waals surface area (Å²) in [5.41, 5.74) is 5.60. The van der Waals surface area contributed by atoms with Crippen molar-refractivity contribution in [3.8, 4) is 0 Å². The monoisotopic (exact) mass is 281 g/mol. The van der Waals surface area contributed by atoms with Crippen molar-refractivity contribution in [2.75, 3.05) is 6.54 Å². The fourth-order valence-electron chi connectivity index (χ4n) is 1.78. The van der Waals surface area contributed by atoms with Gasteiger partial charge in [-0.05, 0) is 13.3 Å². The molecule has 0 bridgehead atoms. The first kappa shape index (κ1) is 14.0. The molecule has 0 aliphatic heterocycles. The number of aryl methyl sites for hydroxylation is 2. The van der Waals surface area contributed by atoms with Gasteiger partial charge in [0, 0.05) is 19.6 Å². The quantitative estimate of drug-likeness (QED) is 0.757. The molecule has 0 unspecified atom stereocenters. The van der Waals surface area contributed by atoms with Crippen LogP contribution in [-0.2, 0) is 18.8 Å². The van der Waals surface area contributed by atoms with E-state index in [1.165, 1.54) is 0 Å². The molecule has 0 atom stereocenters. The molecule has 19 heavy (non-hydrogen) atoms. The smallest absolute Gasteiger partial charge is 0.191 e. The molecule has 0 aliphatic carbocycles. The van der Waals surface area contributed by atoms with Crippen LogP contribution in [0.15, 0.2) is 11.5 Å². The summed E-state index contributed by atoms with van der Waals surface area (Å²) >= 11 is 1.62. The minimum Gasteiger partial charge on any atom is -0.329 e. The second kappa shape index (κ2) is 6.67. The highest BCUT2D eigenvalue weighted by Crippen LogP contribution is 2.20. The molecule has 2 rings (SSSR count). The lowest BCUT2D eigenvalue weighted by Crippen LogP contribution is -2.12. The normalized spacial score (nSPS) is 11.1. The Labute approximate surface area is 116 Å². The van der Waals surface area contributed by atoms with E-state index >= 15 is 0 Å². The molecule has 0 amide bonds. The Morgan fingerprint density at radius 3 is 2.89 bits per heavy atom. The second-order valence-electron chi connectivity index (χ2n) is 4.16. The zero-order valence-corrected chi connectivity index (χ0v) is 12.1. The van der Waals surface area contributed by atoms with Crippen LogP contribution < -0.4 is 5.73 Å². The van der Waals surface area contributed by atoms with E-state index in [4.69, 9.17) is 5.73 Å². The third kappa shape index (κ3) is 3.32. The molecule has 0 spiro atoms. The molecule has 2 N–H and O–H groups in total. The van der Waals surface area contributed by atoms with E-state index in [0.29, 0.717) is 6.54 Å². The standard InChI is InChI=1S/C11H19N7S/c1-3-5-18-10(13-8-14-18)7-19-11-16-15-9(2)17(11)6-4-12/h8H,3-7,12H2,1-2H3. The number of nitrogens with two attached hydrogens (primary N) is 1. The minimum atomic E-state index is 0.582. The summed E-state index contributed by atoms with van der Waals surface area (Å²) in [4.78, 5) is 4.28. The summed E-state index contributed by atoms with van der Waals surface area (Å²) < 4.78 is 3.97. The predicted octanol–water partition coefficient (Wildman–Crippen LogP) is 0.839. The number of nitrogens with zero attached hydrogens (tertiary/aromatic N) is 6. The molecule has 2 heterocycles. The summed E-state index contributed by atoms with van der Waals surface area (Å²) in [7, 11) is 0. The van der Waals surface area contributed by atoms with E-state index in [0.717, 1.165) is 42.1 Å². The molecule has 2 aromatic rings. The number of hydrogen-bond acceptors (Lipinski definition) is 6. The predicted molar refractivity (Wildman–Crippen MR) is 73.7 cm³/mol. The third-order valence-electron chi connectivity index (χ3n) is 2.72. The number of aromatic nitrogens is 6. The van der Waals surface area contributed by atoms with Crippen LogP contribution in [0.5, 0.6) is 0 Å². The van der Waals surface area contributed by atoms with Crippen LogP contribution >= 0.6 is 11.8 Å². The maximum Gasteiger partial charge on any atom is 0.191 e. The highest BCUT2D eigenvalue weighted by molar-refractivity contribution is 7.98. The largest absolute Gasteiger partial charge is 0.329 e. The summed E-state index contributed by atoms with van der Waals surface area (Å²) in [5, 5.41) is 13.4. The van der Waals surface area contributed by atoms with Crippen LogP contribution in [-0.4, -0.2) is 36.1 Å². The summed E-state index contributed by atoms with van der Waals surface area (Å²) in [6.07, 6.45) is 2.64. The highest BCUT2D eigenvalue weighted by Gasteiger charge is 2.11. The van der Waals surface area contributed by atoms with Crippen molar-refractivity contribution in [2.24, 2.45) is 5.73 Å². The third-order valence-corrected chi connectivity index (χ3v) is 3.68. The Morgan fingerprint density at radius 1 is 1.32 bits per heavy atom. The van der Waals surface area contributed by atoms with Gasteiger partial charge in [0.1, 0.15) is 18.0 Å². The number of rotatable bonds is 7.